The molecule has 0 aliphatic carbocycles. The van der Waals surface area contributed by atoms with Crippen LogP contribution in [0.15, 0.2) is 23.4 Å². The van der Waals surface area contributed by atoms with Crippen LogP contribution in [0.4, 0.5) is 0 Å². The lowest BCUT2D eigenvalue weighted by Crippen LogP contribution is -2.42. The lowest BCUT2D eigenvalue weighted by Gasteiger charge is -2.30. The van der Waals surface area contributed by atoms with Crippen molar-refractivity contribution in [3.05, 3.63) is 23.9 Å². The van der Waals surface area contributed by atoms with Crippen LogP contribution in [-0.4, -0.2) is 35.4 Å². The van der Waals surface area contributed by atoms with E-state index in [0.717, 1.165) is 12.8 Å². The summed E-state index contributed by atoms with van der Waals surface area (Å²) in [6.45, 7) is 8.35. The van der Waals surface area contributed by atoms with E-state index < -0.39 is 10.0 Å². The zero-order valence-electron chi connectivity index (χ0n) is 13.3. The molecule has 0 unspecified atom stereocenters. The molecule has 0 aromatic carbocycles. The van der Waals surface area contributed by atoms with Crippen LogP contribution in [0.25, 0.3) is 0 Å². The Morgan fingerprint density at radius 2 is 1.86 bits per heavy atom. The van der Waals surface area contributed by atoms with Crippen molar-refractivity contribution in [3.8, 4) is 0 Å². The molecular weight excluding hydrogens is 288 g/mol. The molecule has 0 radical (unpaired) electrons. The van der Waals surface area contributed by atoms with Crippen LogP contribution in [0.5, 0.6) is 0 Å². The van der Waals surface area contributed by atoms with Gasteiger partial charge in [0.2, 0.25) is 0 Å². The fraction of sp³-hybridized carbons (Fsp3) is 0.667. The summed E-state index contributed by atoms with van der Waals surface area (Å²) in [5.74, 6) is 0.247. The summed E-state index contributed by atoms with van der Waals surface area (Å²) >= 11 is 0. The third-order valence-electron chi connectivity index (χ3n) is 3.45. The molecule has 0 saturated carbocycles. The Labute approximate surface area is 128 Å². The lowest BCUT2D eigenvalue weighted by molar-refractivity contribution is 0.275. The molecule has 0 spiro atoms. The van der Waals surface area contributed by atoms with E-state index in [-0.39, 0.29) is 23.6 Å². The largest absolute Gasteiger partial charge is 0.392 e. The molecule has 1 rings (SSSR count). The molecule has 120 valence electrons. The van der Waals surface area contributed by atoms with Crippen molar-refractivity contribution in [1.29, 1.82) is 0 Å². The molecule has 0 fully saturated rings. The molecule has 1 aromatic rings. The normalized spacial score (nSPS) is 12.6. The van der Waals surface area contributed by atoms with Gasteiger partial charge in [0.05, 0.1) is 6.61 Å². The monoisotopic (exact) mass is 314 g/mol. The molecule has 0 atom stereocenters. The predicted molar refractivity (Wildman–Crippen MR) is 83.3 cm³/mol. The van der Waals surface area contributed by atoms with Gasteiger partial charge in [0, 0.05) is 18.8 Å². The van der Waals surface area contributed by atoms with Crippen molar-refractivity contribution >= 4 is 10.0 Å². The zero-order valence-corrected chi connectivity index (χ0v) is 14.1. The van der Waals surface area contributed by atoms with Crippen LogP contribution in [0.2, 0.25) is 0 Å². The summed E-state index contributed by atoms with van der Waals surface area (Å²) in [4.78, 5) is 4.01. The molecule has 1 aromatic heterocycles. The molecule has 1 N–H and O–H groups in total. The van der Waals surface area contributed by atoms with Crippen LogP contribution < -0.4 is 0 Å². The van der Waals surface area contributed by atoms with Crippen molar-refractivity contribution in [1.82, 2.24) is 9.29 Å². The Morgan fingerprint density at radius 1 is 1.24 bits per heavy atom. The summed E-state index contributed by atoms with van der Waals surface area (Å²) in [5, 5.41) is 9.07. The quantitative estimate of drug-likeness (QED) is 0.800. The predicted octanol–water partition coefficient (Wildman–Crippen LogP) is 2.41. The van der Waals surface area contributed by atoms with Crippen molar-refractivity contribution in [2.45, 2.75) is 58.2 Å². The van der Waals surface area contributed by atoms with E-state index >= 15 is 0 Å². The first kappa shape index (κ1) is 18.1. The Hall–Kier alpha value is -0.980. The van der Waals surface area contributed by atoms with Crippen LogP contribution in [0.1, 0.15) is 46.1 Å². The van der Waals surface area contributed by atoms with Gasteiger partial charge in [0.25, 0.3) is 10.0 Å². The lowest BCUT2D eigenvalue weighted by atomic mass is 10.1. The van der Waals surface area contributed by atoms with E-state index in [2.05, 4.69) is 4.98 Å². The minimum absolute atomic E-state index is 0.0169. The van der Waals surface area contributed by atoms with E-state index in [9.17, 15) is 8.42 Å². The van der Waals surface area contributed by atoms with Gasteiger partial charge in [-0.3, -0.25) is 0 Å². The van der Waals surface area contributed by atoms with Crippen LogP contribution in [-0.2, 0) is 16.6 Å². The highest BCUT2D eigenvalue weighted by molar-refractivity contribution is 7.89. The fourth-order valence-electron chi connectivity index (χ4n) is 2.28. The van der Waals surface area contributed by atoms with Crippen LogP contribution in [0.3, 0.4) is 0 Å². The SMILES string of the molecule is CCC(CC)N(CC(C)C)S(=O)(=O)c1ccc(CO)cn1. The molecule has 0 aliphatic rings. The van der Waals surface area contributed by atoms with Crippen molar-refractivity contribution in [2.24, 2.45) is 5.92 Å². The summed E-state index contributed by atoms with van der Waals surface area (Å²) in [6, 6.07) is 3.05. The molecular formula is C15H26N2O3S. The van der Waals surface area contributed by atoms with Gasteiger partial charge in [-0.05, 0) is 30.4 Å². The number of nitrogens with zero attached hydrogens (tertiary/aromatic N) is 2. The third kappa shape index (κ3) is 4.49. The molecule has 1 heterocycles. The second-order valence-electron chi connectivity index (χ2n) is 5.60. The van der Waals surface area contributed by atoms with Gasteiger partial charge in [-0.15, -0.1) is 0 Å². The maximum Gasteiger partial charge on any atom is 0.260 e. The summed E-state index contributed by atoms with van der Waals surface area (Å²) in [7, 11) is -3.60. The standard InChI is InChI=1S/C15H26N2O3S/c1-5-14(6-2)17(10-12(3)4)21(19,20)15-8-7-13(11-18)9-16-15/h7-9,12,14,18H,5-6,10-11H2,1-4H3. The fourth-order valence-corrected chi connectivity index (χ4v) is 4.13. The number of hydrogen-bond acceptors (Lipinski definition) is 4. The maximum absolute atomic E-state index is 12.8. The highest BCUT2D eigenvalue weighted by atomic mass is 32.2. The molecule has 0 amide bonds. The molecule has 21 heavy (non-hydrogen) atoms. The Morgan fingerprint density at radius 3 is 2.24 bits per heavy atom. The van der Waals surface area contributed by atoms with E-state index in [0.29, 0.717) is 12.1 Å². The topological polar surface area (TPSA) is 70.5 Å². The minimum Gasteiger partial charge on any atom is -0.392 e. The first-order chi connectivity index (χ1) is 9.86. The molecule has 0 bridgehead atoms. The van der Waals surface area contributed by atoms with Gasteiger partial charge >= 0.3 is 0 Å². The summed E-state index contributed by atoms with van der Waals surface area (Å²) in [5.41, 5.74) is 0.604. The summed E-state index contributed by atoms with van der Waals surface area (Å²) in [6.07, 6.45) is 2.96. The zero-order chi connectivity index (χ0) is 16.0. The summed E-state index contributed by atoms with van der Waals surface area (Å²) < 4.78 is 27.2. The van der Waals surface area contributed by atoms with Gasteiger partial charge in [0.1, 0.15) is 0 Å². The van der Waals surface area contributed by atoms with E-state index in [1.807, 2.05) is 27.7 Å². The number of rotatable bonds is 8. The minimum atomic E-state index is -3.60. The smallest absolute Gasteiger partial charge is 0.260 e. The van der Waals surface area contributed by atoms with Gasteiger partial charge in [-0.1, -0.05) is 33.8 Å². The van der Waals surface area contributed by atoms with Crippen molar-refractivity contribution in [3.63, 3.8) is 0 Å². The first-order valence-electron chi connectivity index (χ1n) is 7.44. The molecule has 5 nitrogen and oxygen atoms in total. The van der Waals surface area contributed by atoms with E-state index in [1.165, 1.54) is 12.3 Å². The Kier molecular flexibility index (Phi) is 6.77. The average molecular weight is 314 g/mol. The molecule has 6 heteroatoms. The average Bonchev–Trinajstić information content (AvgIpc) is 2.47. The Bertz CT molecular complexity index is 522. The second-order valence-corrected chi connectivity index (χ2v) is 7.44. The van der Waals surface area contributed by atoms with Crippen molar-refractivity contribution < 1.29 is 13.5 Å². The van der Waals surface area contributed by atoms with E-state index in [1.54, 1.807) is 10.4 Å². The molecule has 0 aliphatic heterocycles. The highest BCUT2D eigenvalue weighted by Gasteiger charge is 2.31. The molecule has 0 saturated heterocycles. The first-order valence-corrected chi connectivity index (χ1v) is 8.88. The van der Waals surface area contributed by atoms with Crippen LogP contribution in [0, 0.1) is 5.92 Å². The number of aliphatic hydroxyl groups excluding tert-OH is 1. The number of hydrogen-bond donors (Lipinski definition) is 1. The maximum atomic E-state index is 12.8. The number of aliphatic hydroxyl groups is 1. The Balaban J connectivity index is 3.18. The third-order valence-corrected chi connectivity index (χ3v) is 5.28. The number of aromatic nitrogens is 1. The van der Waals surface area contributed by atoms with Crippen LogP contribution >= 0.6 is 0 Å². The number of sulfonamides is 1. The van der Waals surface area contributed by atoms with Gasteiger partial charge in [-0.25, -0.2) is 13.4 Å². The number of pyridine rings is 1. The van der Waals surface area contributed by atoms with E-state index in [4.69, 9.17) is 5.11 Å². The van der Waals surface area contributed by atoms with Gasteiger partial charge in [0.15, 0.2) is 5.03 Å². The van der Waals surface area contributed by atoms with Crippen molar-refractivity contribution in [2.75, 3.05) is 6.54 Å². The highest BCUT2D eigenvalue weighted by Crippen LogP contribution is 2.21. The van der Waals surface area contributed by atoms with Gasteiger partial charge < -0.3 is 5.11 Å². The van der Waals surface area contributed by atoms with Gasteiger partial charge in [-0.2, -0.15) is 4.31 Å². The second kappa shape index (κ2) is 7.87.